The molecule has 0 aliphatic carbocycles. The van der Waals surface area contributed by atoms with Gasteiger partial charge in [-0.2, -0.15) is 0 Å². The van der Waals surface area contributed by atoms with E-state index in [9.17, 15) is 9.18 Å². The fourth-order valence-electron chi connectivity index (χ4n) is 1.68. The molecule has 110 valence electrons. The van der Waals surface area contributed by atoms with Crippen molar-refractivity contribution in [3.63, 3.8) is 0 Å². The standard InChI is InChI=1S/C15H15FN2O3/c1-9-5-14(12(16)6-13(9)17)21-8-11-4-3-10(7-18-11)15(19)20-2/h3-7H,8,17H2,1-2H3. The largest absolute Gasteiger partial charge is 0.484 e. The number of nitrogens with zero attached hydrogens (tertiary/aromatic N) is 1. The van der Waals surface area contributed by atoms with Gasteiger partial charge in [-0.15, -0.1) is 0 Å². The normalized spacial score (nSPS) is 10.2. The molecular formula is C15H15FN2O3. The monoisotopic (exact) mass is 290 g/mol. The van der Waals surface area contributed by atoms with Gasteiger partial charge in [0, 0.05) is 18.0 Å². The molecule has 0 aliphatic rings. The molecule has 0 atom stereocenters. The second kappa shape index (κ2) is 6.21. The first kappa shape index (κ1) is 14.8. The molecule has 0 bridgehead atoms. The van der Waals surface area contributed by atoms with Crippen LogP contribution < -0.4 is 10.5 Å². The van der Waals surface area contributed by atoms with Crippen LogP contribution in [0, 0.1) is 12.7 Å². The van der Waals surface area contributed by atoms with Gasteiger partial charge in [0.05, 0.1) is 18.4 Å². The summed E-state index contributed by atoms with van der Waals surface area (Å²) < 4.78 is 23.6. The highest BCUT2D eigenvalue weighted by atomic mass is 19.1. The van der Waals surface area contributed by atoms with Crippen LogP contribution in [-0.4, -0.2) is 18.1 Å². The average molecular weight is 290 g/mol. The minimum Gasteiger partial charge on any atom is -0.484 e. The Morgan fingerprint density at radius 1 is 1.38 bits per heavy atom. The minimum atomic E-state index is -0.524. The number of aryl methyl sites for hydroxylation is 1. The van der Waals surface area contributed by atoms with Gasteiger partial charge in [0.1, 0.15) is 6.61 Å². The number of carbonyl (C=O) groups is 1. The van der Waals surface area contributed by atoms with Gasteiger partial charge in [-0.3, -0.25) is 4.98 Å². The number of pyridine rings is 1. The second-order valence-corrected chi connectivity index (χ2v) is 4.46. The molecule has 0 radical (unpaired) electrons. The molecule has 0 spiro atoms. The molecule has 2 N–H and O–H groups in total. The van der Waals surface area contributed by atoms with Gasteiger partial charge in [-0.25, -0.2) is 9.18 Å². The van der Waals surface area contributed by atoms with E-state index in [0.717, 1.165) is 5.56 Å². The van der Waals surface area contributed by atoms with E-state index >= 15 is 0 Å². The number of hydrogen-bond donors (Lipinski definition) is 1. The summed E-state index contributed by atoms with van der Waals surface area (Å²) in [5, 5.41) is 0. The Morgan fingerprint density at radius 2 is 2.14 bits per heavy atom. The van der Waals surface area contributed by atoms with Crippen molar-refractivity contribution in [1.82, 2.24) is 4.98 Å². The number of methoxy groups -OCH3 is 1. The predicted octanol–water partition coefficient (Wildman–Crippen LogP) is 2.48. The summed E-state index contributed by atoms with van der Waals surface area (Å²) >= 11 is 0. The summed E-state index contributed by atoms with van der Waals surface area (Å²) in [6.07, 6.45) is 1.38. The number of ether oxygens (including phenoxy) is 2. The van der Waals surface area contributed by atoms with Crippen molar-refractivity contribution in [2.75, 3.05) is 12.8 Å². The van der Waals surface area contributed by atoms with Crippen molar-refractivity contribution < 1.29 is 18.7 Å². The highest BCUT2D eigenvalue weighted by molar-refractivity contribution is 5.88. The van der Waals surface area contributed by atoms with Crippen LogP contribution in [0.2, 0.25) is 0 Å². The Morgan fingerprint density at radius 3 is 2.76 bits per heavy atom. The number of nitrogens with two attached hydrogens (primary N) is 1. The van der Waals surface area contributed by atoms with Crippen LogP contribution in [0.5, 0.6) is 5.75 Å². The maximum Gasteiger partial charge on any atom is 0.339 e. The fraction of sp³-hybridized carbons (Fsp3) is 0.200. The molecule has 2 aromatic rings. The summed E-state index contributed by atoms with van der Waals surface area (Å²) in [5.41, 5.74) is 7.62. The number of esters is 1. The number of halogens is 1. The van der Waals surface area contributed by atoms with Crippen LogP contribution >= 0.6 is 0 Å². The van der Waals surface area contributed by atoms with Crippen LogP contribution in [-0.2, 0) is 11.3 Å². The first-order valence-electron chi connectivity index (χ1n) is 6.23. The van der Waals surface area contributed by atoms with E-state index in [2.05, 4.69) is 9.72 Å². The molecule has 1 heterocycles. The molecule has 1 aromatic heterocycles. The van der Waals surface area contributed by atoms with Gasteiger partial charge in [-0.05, 0) is 30.7 Å². The molecule has 0 fully saturated rings. The van der Waals surface area contributed by atoms with Crippen molar-refractivity contribution >= 4 is 11.7 Å². The molecule has 6 heteroatoms. The number of hydrogen-bond acceptors (Lipinski definition) is 5. The summed E-state index contributed by atoms with van der Waals surface area (Å²) in [7, 11) is 1.30. The van der Waals surface area contributed by atoms with E-state index in [1.54, 1.807) is 19.1 Å². The highest BCUT2D eigenvalue weighted by Crippen LogP contribution is 2.24. The van der Waals surface area contributed by atoms with E-state index in [1.165, 1.54) is 25.4 Å². The number of nitrogen functional groups attached to an aromatic ring is 1. The Bertz CT molecular complexity index is 657. The minimum absolute atomic E-state index is 0.0851. The lowest BCUT2D eigenvalue weighted by Gasteiger charge is -2.09. The van der Waals surface area contributed by atoms with E-state index in [0.29, 0.717) is 16.9 Å². The zero-order chi connectivity index (χ0) is 15.4. The summed E-state index contributed by atoms with van der Waals surface area (Å²) in [6, 6.07) is 5.95. The third-order valence-electron chi connectivity index (χ3n) is 2.94. The van der Waals surface area contributed by atoms with Crippen molar-refractivity contribution in [2.24, 2.45) is 0 Å². The lowest BCUT2D eigenvalue weighted by Crippen LogP contribution is -2.05. The van der Waals surface area contributed by atoms with Gasteiger partial charge in [0.25, 0.3) is 0 Å². The molecular weight excluding hydrogens is 275 g/mol. The molecule has 0 aliphatic heterocycles. The number of rotatable bonds is 4. The van der Waals surface area contributed by atoms with E-state index in [-0.39, 0.29) is 12.4 Å². The van der Waals surface area contributed by atoms with Crippen LogP contribution in [0.25, 0.3) is 0 Å². The van der Waals surface area contributed by atoms with Gasteiger partial charge in [0.2, 0.25) is 0 Å². The summed E-state index contributed by atoms with van der Waals surface area (Å²) in [6.45, 7) is 1.85. The topological polar surface area (TPSA) is 74.4 Å². The smallest absolute Gasteiger partial charge is 0.339 e. The zero-order valence-electron chi connectivity index (χ0n) is 11.7. The van der Waals surface area contributed by atoms with Crippen LogP contribution in [0.4, 0.5) is 10.1 Å². The molecule has 0 saturated heterocycles. The van der Waals surface area contributed by atoms with Gasteiger partial charge >= 0.3 is 5.97 Å². The maximum absolute atomic E-state index is 13.7. The van der Waals surface area contributed by atoms with Crippen molar-refractivity contribution in [1.29, 1.82) is 0 Å². The maximum atomic E-state index is 13.7. The Hall–Kier alpha value is -2.63. The predicted molar refractivity (Wildman–Crippen MR) is 75.5 cm³/mol. The summed E-state index contributed by atoms with van der Waals surface area (Å²) in [4.78, 5) is 15.3. The molecule has 0 amide bonds. The molecule has 21 heavy (non-hydrogen) atoms. The van der Waals surface area contributed by atoms with E-state index in [4.69, 9.17) is 10.5 Å². The van der Waals surface area contributed by atoms with E-state index < -0.39 is 11.8 Å². The molecule has 0 unspecified atom stereocenters. The van der Waals surface area contributed by atoms with Crippen LogP contribution in [0.15, 0.2) is 30.5 Å². The lowest BCUT2D eigenvalue weighted by molar-refractivity contribution is 0.0600. The Kier molecular flexibility index (Phi) is 4.37. The first-order chi connectivity index (χ1) is 10.0. The van der Waals surface area contributed by atoms with Crippen LogP contribution in [0.1, 0.15) is 21.6 Å². The highest BCUT2D eigenvalue weighted by Gasteiger charge is 2.09. The third-order valence-corrected chi connectivity index (χ3v) is 2.94. The van der Waals surface area contributed by atoms with E-state index in [1.807, 2.05) is 0 Å². The van der Waals surface area contributed by atoms with Crippen molar-refractivity contribution in [3.8, 4) is 5.75 Å². The van der Waals surface area contributed by atoms with Crippen LogP contribution in [0.3, 0.4) is 0 Å². The van der Waals surface area contributed by atoms with Gasteiger partial charge in [-0.1, -0.05) is 0 Å². The van der Waals surface area contributed by atoms with Crippen molar-refractivity contribution in [2.45, 2.75) is 13.5 Å². The molecule has 1 aromatic carbocycles. The molecule has 0 saturated carbocycles. The lowest BCUT2D eigenvalue weighted by atomic mass is 10.2. The number of benzene rings is 1. The summed E-state index contributed by atoms with van der Waals surface area (Å²) in [5.74, 6) is -0.875. The van der Waals surface area contributed by atoms with Gasteiger partial charge in [0.15, 0.2) is 11.6 Å². The Labute approximate surface area is 121 Å². The fourth-order valence-corrected chi connectivity index (χ4v) is 1.68. The average Bonchev–Trinajstić information content (AvgIpc) is 2.49. The molecule has 5 nitrogen and oxygen atoms in total. The zero-order valence-corrected chi connectivity index (χ0v) is 11.7. The number of carbonyl (C=O) groups excluding carboxylic acids is 1. The Balaban J connectivity index is 2.06. The third kappa shape index (κ3) is 3.47. The van der Waals surface area contributed by atoms with Crippen molar-refractivity contribution in [3.05, 3.63) is 53.1 Å². The number of aromatic nitrogens is 1. The molecule has 2 rings (SSSR count). The quantitative estimate of drug-likeness (QED) is 0.691. The SMILES string of the molecule is COC(=O)c1ccc(COc2cc(C)c(N)cc2F)nc1. The second-order valence-electron chi connectivity index (χ2n) is 4.46. The first-order valence-corrected chi connectivity index (χ1v) is 6.23. The number of anilines is 1. The van der Waals surface area contributed by atoms with Gasteiger partial charge < -0.3 is 15.2 Å².